The van der Waals surface area contributed by atoms with E-state index in [4.69, 9.17) is 11.6 Å². The zero-order valence-electron chi connectivity index (χ0n) is 25.3. The number of nitrogens with zero attached hydrogens (tertiary/aromatic N) is 2. The van der Waals surface area contributed by atoms with Gasteiger partial charge in [-0.1, -0.05) is 79.4 Å². The zero-order chi connectivity index (χ0) is 31.7. The van der Waals surface area contributed by atoms with E-state index in [0.717, 1.165) is 49.5 Å². The Morgan fingerprint density at radius 3 is 2.32 bits per heavy atom. The van der Waals surface area contributed by atoms with Crippen molar-refractivity contribution >= 4 is 39.1 Å². The molecule has 1 aliphatic rings. The predicted octanol–water partition coefficient (Wildman–Crippen LogP) is 6.42. The van der Waals surface area contributed by atoms with Crippen molar-refractivity contribution in [3.05, 3.63) is 100 Å². The van der Waals surface area contributed by atoms with Gasteiger partial charge in [-0.15, -0.1) is 0 Å². The van der Waals surface area contributed by atoms with Crippen molar-refractivity contribution in [2.75, 3.05) is 17.1 Å². The Morgan fingerprint density at radius 1 is 0.977 bits per heavy atom. The molecule has 0 radical (unpaired) electrons. The van der Waals surface area contributed by atoms with Gasteiger partial charge in [-0.3, -0.25) is 13.9 Å². The Labute approximate surface area is 265 Å². The number of halogens is 2. The third-order valence-electron chi connectivity index (χ3n) is 8.08. The fourth-order valence-electron chi connectivity index (χ4n) is 5.72. The van der Waals surface area contributed by atoms with Gasteiger partial charge in [-0.2, -0.15) is 0 Å². The molecule has 0 heterocycles. The van der Waals surface area contributed by atoms with Crippen molar-refractivity contribution in [3.8, 4) is 0 Å². The summed E-state index contributed by atoms with van der Waals surface area (Å²) in [6.07, 6.45) is 6.72. The lowest BCUT2D eigenvalue weighted by atomic mass is 9.94. The van der Waals surface area contributed by atoms with Crippen LogP contribution in [0, 0.1) is 12.7 Å². The smallest absolute Gasteiger partial charge is 0.243 e. The van der Waals surface area contributed by atoms with Gasteiger partial charge in [0.15, 0.2) is 0 Å². The van der Waals surface area contributed by atoms with Crippen LogP contribution in [0.5, 0.6) is 0 Å². The highest BCUT2D eigenvalue weighted by molar-refractivity contribution is 7.92. The molecule has 3 aromatic carbocycles. The largest absolute Gasteiger partial charge is 0.352 e. The molecule has 2 amide bonds. The molecule has 236 valence electrons. The van der Waals surface area contributed by atoms with E-state index in [1.165, 1.54) is 16.4 Å². The molecule has 0 bridgehead atoms. The molecule has 10 heteroatoms. The van der Waals surface area contributed by atoms with Gasteiger partial charge in [0.1, 0.15) is 11.9 Å². The third-order valence-corrected chi connectivity index (χ3v) is 9.50. The number of carbonyl (C=O) groups is 2. The number of aryl methyl sites for hydroxylation is 1. The van der Waals surface area contributed by atoms with Gasteiger partial charge in [-0.25, -0.2) is 12.8 Å². The van der Waals surface area contributed by atoms with Crippen molar-refractivity contribution in [2.24, 2.45) is 0 Å². The van der Waals surface area contributed by atoms with Crippen LogP contribution in [0.1, 0.15) is 61.6 Å². The monoisotopic (exact) mass is 641 g/mol. The van der Waals surface area contributed by atoms with Gasteiger partial charge in [0, 0.05) is 37.0 Å². The van der Waals surface area contributed by atoms with E-state index >= 15 is 0 Å². The van der Waals surface area contributed by atoms with Gasteiger partial charge in [-0.05, 0) is 67.1 Å². The molecule has 4 rings (SSSR count). The van der Waals surface area contributed by atoms with Crippen LogP contribution in [0.4, 0.5) is 10.1 Å². The highest BCUT2D eigenvalue weighted by atomic mass is 35.5. The minimum absolute atomic E-state index is 0.00876. The zero-order valence-corrected chi connectivity index (χ0v) is 26.9. The van der Waals surface area contributed by atoms with Crippen LogP contribution in [0.3, 0.4) is 0 Å². The predicted molar refractivity (Wildman–Crippen MR) is 174 cm³/mol. The van der Waals surface area contributed by atoms with Crippen LogP contribution < -0.4 is 9.62 Å². The quantitative estimate of drug-likeness (QED) is 0.233. The highest BCUT2D eigenvalue weighted by Crippen LogP contribution is 2.27. The molecular formula is C34H41ClFN3O4S. The molecule has 1 N–H and O–H groups in total. The summed E-state index contributed by atoms with van der Waals surface area (Å²) in [5, 5.41) is 3.61. The Balaban J connectivity index is 1.60. The molecule has 3 aromatic rings. The van der Waals surface area contributed by atoms with Gasteiger partial charge < -0.3 is 10.2 Å². The van der Waals surface area contributed by atoms with Crippen molar-refractivity contribution in [2.45, 2.75) is 76.9 Å². The minimum atomic E-state index is -3.66. The summed E-state index contributed by atoms with van der Waals surface area (Å²) in [6, 6.07) is 19.8. The number of hydrogen-bond acceptors (Lipinski definition) is 4. The maximum absolute atomic E-state index is 14.0. The first-order valence-corrected chi connectivity index (χ1v) is 17.4. The van der Waals surface area contributed by atoms with Gasteiger partial charge in [0.05, 0.1) is 11.9 Å². The first-order valence-electron chi connectivity index (χ1n) is 15.1. The van der Waals surface area contributed by atoms with Crippen LogP contribution in [0.25, 0.3) is 0 Å². The number of rotatable bonds is 13. The fraction of sp³-hybridized carbons (Fsp3) is 0.412. The first kappa shape index (κ1) is 33.5. The second-order valence-corrected chi connectivity index (χ2v) is 13.9. The van der Waals surface area contributed by atoms with Gasteiger partial charge in [0.2, 0.25) is 21.8 Å². The lowest BCUT2D eigenvalue weighted by molar-refractivity contribution is -0.141. The van der Waals surface area contributed by atoms with Crippen molar-refractivity contribution < 1.29 is 22.4 Å². The SMILES string of the molecule is Cc1ccc(Cl)cc1N(CCCC(=O)N(Cc1ccc(F)cc1)C(Cc1ccccc1)C(=O)NC1CCCCC1)S(C)(=O)=O. The van der Waals surface area contributed by atoms with E-state index in [1.54, 1.807) is 42.2 Å². The van der Waals surface area contributed by atoms with E-state index in [2.05, 4.69) is 5.32 Å². The first-order chi connectivity index (χ1) is 21.0. The number of hydrogen-bond donors (Lipinski definition) is 1. The van der Waals surface area contributed by atoms with E-state index in [-0.39, 0.29) is 49.6 Å². The lowest BCUT2D eigenvalue weighted by Crippen LogP contribution is -2.52. The average molecular weight is 642 g/mol. The average Bonchev–Trinajstić information content (AvgIpc) is 2.99. The molecule has 0 spiro atoms. The number of sulfonamides is 1. The fourth-order valence-corrected chi connectivity index (χ4v) is 6.90. The minimum Gasteiger partial charge on any atom is -0.352 e. The molecule has 44 heavy (non-hydrogen) atoms. The van der Waals surface area contributed by atoms with Gasteiger partial charge >= 0.3 is 0 Å². The second kappa shape index (κ2) is 15.5. The summed E-state index contributed by atoms with van der Waals surface area (Å²) in [6.45, 7) is 1.98. The van der Waals surface area contributed by atoms with Crippen molar-refractivity contribution in [1.29, 1.82) is 0 Å². The second-order valence-electron chi connectivity index (χ2n) is 11.6. The van der Waals surface area contributed by atoms with E-state index in [9.17, 15) is 22.4 Å². The van der Waals surface area contributed by atoms with Crippen molar-refractivity contribution in [3.63, 3.8) is 0 Å². The summed E-state index contributed by atoms with van der Waals surface area (Å²) < 4.78 is 40.5. The summed E-state index contributed by atoms with van der Waals surface area (Å²) in [5.41, 5.74) is 2.80. The van der Waals surface area contributed by atoms with E-state index in [0.29, 0.717) is 22.7 Å². The summed E-state index contributed by atoms with van der Waals surface area (Å²) in [5.74, 6) is -0.895. The Hall–Kier alpha value is -3.43. The van der Waals surface area contributed by atoms with Crippen LogP contribution in [0.15, 0.2) is 72.8 Å². The Morgan fingerprint density at radius 2 is 1.66 bits per heavy atom. The maximum atomic E-state index is 14.0. The summed E-state index contributed by atoms with van der Waals surface area (Å²) >= 11 is 6.18. The molecule has 0 saturated heterocycles. The standard InChI is InChI=1S/C34H41ClFN3O4S/c1-25-15-18-28(35)23-31(25)39(44(2,42)43)21-9-14-33(40)38(24-27-16-19-29(36)20-17-27)32(22-26-10-5-3-6-11-26)34(41)37-30-12-7-4-8-13-30/h3,5-6,10-11,15-20,23,30,32H,4,7-9,12-14,21-22,24H2,1-2H3,(H,37,41). The van der Waals surface area contributed by atoms with Gasteiger partial charge in [0.25, 0.3) is 0 Å². The molecule has 1 aliphatic carbocycles. The van der Waals surface area contributed by atoms with Crippen LogP contribution in [-0.4, -0.2) is 50.0 Å². The summed E-state index contributed by atoms with van der Waals surface area (Å²) in [4.78, 5) is 29.5. The molecule has 1 unspecified atom stereocenters. The number of amides is 2. The number of carbonyl (C=O) groups excluding carboxylic acids is 2. The maximum Gasteiger partial charge on any atom is 0.243 e. The number of anilines is 1. The molecular weight excluding hydrogens is 601 g/mol. The molecule has 0 aliphatic heterocycles. The van der Waals surface area contributed by atoms with Crippen LogP contribution in [-0.2, 0) is 32.6 Å². The number of benzene rings is 3. The molecule has 1 saturated carbocycles. The van der Waals surface area contributed by atoms with E-state index in [1.807, 2.05) is 30.3 Å². The lowest BCUT2D eigenvalue weighted by Gasteiger charge is -2.34. The van der Waals surface area contributed by atoms with Crippen LogP contribution >= 0.6 is 11.6 Å². The van der Waals surface area contributed by atoms with Crippen molar-refractivity contribution in [1.82, 2.24) is 10.2 Å². The van der Waals surface area contributed by atoms with Crippen LogP contribution in [0.2, 0.25) is 5.02 Å². The molecule has 1 atom stereocenters. The third kappa shape index (κ3) is 9.53. The Bertz CT molecular complexity index is 1510. The molecule has 0 aromatic heterocycles. The Kier molecular flexibility index (Phi) is 11.8. The number of nitrogens with one attached hydrogen (secondary N) is 1. The molecule has 1 fully saturated rings. The normalized spacial score (nSPS) is 14.5. The topological polar surface area (TPSA) is 86.8 Å². The summed E-state index contributed by atoms with van der Waals surface area (Å²) in [7, 11) is -3.66. The highest BCUT2D eigenvalue weighted by Gasteiger charge is 2.32. The van der Waals surface area contributed by atoms with E-state index < -0.39 is 16.1 Å². The molecule has 7 nitrogen and oxygen atoms in total.